The van der Waals surface area contributed by atoms with Crippen LogP contribution in [0.15, 0.2) is 58.8 Å². The van der Waals surface area contributed by atoms with Crippen LogP contribution >= 0.6 is 11.3 Å². The number of hydrogen-bond donors (Lipinski definition) is 1. The molecule has 2 aromatic carbocycles. The number of nitrogens with zero attached hydrogens (tertiary/aromatic N) is 2. The largest absolute Gasteiger partial charge is 0.350 e. The average Bonchev–Trinajstić information content (AvgIpc) is 3.27. The summed E-state index contributed by atoms with van der Waals surface area (Å²) in [6.45, 7) is 4.85. The van der Waals surface area contributed by atoms with Crippen molar-refractivity contribution >= 4 is 27.3 Å². The highest BCUT2D eigenvalue weighted by Crippen LogP contribution is 2.27. The van der Waals surface area contributed by atoms with Gasteiger partial charge in [-0.2, -0.15) is 4.31 Å². The van der Waals surface area contributed by atoms with Crippen LogP contribution < -0.4 is 5.32 Å². The third-order valence-electron chi connectivity index (χ3n) is 5.79. The van der Waals surface area contributed by atoms with Crippen molar-refractivity contribution in [1.29, 1.82) is 0 Å². The molecule has 6 nitrogen and oxygen atoms in total. The van der Waals surface area contributed by atoms with Crippen LogP contribution in [-0.2, 0) is 21.4 Å². The van der Waals surface area contributed by atoms with Crippen LogP contribution in [0.1, 0.15) is 29.7 Å². The second-order valence-electron chi connectivity index (χ2n) is 8.18. The van der Waals surface area contributed by atoms with Crippen molar-refractivity contribution in [2.45, 2.75) is 38.1 Å². The van der Waals surface area contributed by atoms with E-state index in [0.717, 1.165) is 27.4 Å². The minimum atomic E-state index is -3.54. The number of aromatic nitrogens is 1. The number of sulfonamides is 1. The Labute approximate surface area is 193 Å². The summed E-state index contributed by atoms with van der Waals surface area (Å²) >= 11 is 1.56. The summed E-state index contributed by atoms with van der Waals surface area (Å²) in [6, 6.07) is 15.3. The van der Waals surface area contributed by atoms with Gasteiger partial charge >= 0.3 is 0 Å². The number of amides is 1. The normalized spacial score (nSPS) is 15.6. The van der Waals surface area contributed by atoms with Gasteiger partial charge in [-0.1, -0.05) is 48.0 Å². The predicted molar refractivity (Wildman–Crippen MR) is 127 cm³/mol. The van der Waals surface area contributed by atoms with Crippen molar-refractivity contribution in [3.05, 3.63) is 70.7 Å². The molecule has 2 heterocycles. The molecule has 0 saturated carbocycles. The second kappa shape index (κ2) is 9.52. The molecule has 168 valence electrons. The molecule has 0 atom stereocenters. The average molecular weight is 470 g/mol. The van der Waals surface area contributed by atoms with Crippen LogP contribution in [0.25, 0.3) is 10.6 Å². The Balaban J connectivity index is 1.31. The Morgan fingerprint density at radius 1 is 1.12 bits per heavy atom. The molecule has 1 aliphatic heterocycles. The lowest BCUT2D eigenvalue weighted by Gasteiger charge is -2.31. The molecule has 32 heavy (non-hydrogen) atoms. The Hall–Kier alpha value is -2.55. The molecule has 0 unspecified atom stereocenters. The number of carbonyl (C=O) groups excluding carboxylic acids is 1. The maximum Gasteiger partial charge on any atom is 0.243 e. The van der Waals surface area contributed by atoms with Crippen molar-refractivity contribution in [3.63, 3.8) is 0 Å². The molecule has 0 spiro atoms. The van der Waals surface area contributed by atoms with E-state index in [1.165, 1.54) is 4.31 Å². The smallest absolute Gasteiger partial charge is 0.243 e. The van der Waals surface area contributed by atoms with Crippen LogP contribution in [-0.4, -0.2) is 36.7 Å². The van der Waals surface area contributed by atoms with Crippen LogP contribution in [0, 0.1) is 19.8 Å². The third-order valence-corrected chi connectivity index (χ3v) is 8.79. The Morgan fingerprint density at radius 2 is 1.84 bits per heavy atom. The van der Waals surface area contributed by atoms with E-state index in [2.05, 4.69) is 10.3 Å². The molecule has 1 fully saturated rings. The fourth-order valence-corrected chi connectivity index (χ4v) is 6.51. The van der Waals surface area contributed by atoms with Gasteiger partial charge in [0.25, 0.3) is 0 Å². The topological polar surface area (TPSA) is 79.4 Å². The van der Waals surface area contributed by atoms with E-state index in [1.54, 1.807) is 17.4 Å². The van der Waals surface area contributed by atoms with E-state index in [0.29, 0.717) is 37.4 Å². The summed E-state index contributed by atoms with van der Waals surface area (Å²) < 4.78 is 27.6. The molecule has 1 aliphatic rings. The number of nitrogens with one attached hydrogen (secondary N) is 1. The number of aryl methyl sites for hydroxylation is 2. The summed E-state index contributed by atoms with van der Waals surface area (Å²) in [7, 11) is -3.54. The lowest BCUT2D eigenvalue weighted by molar-refractivity contribution is -0.126. The zero-order chi connectivity index (χ0) is 22.7. The van der Waals surface area contributed by atoms with Gasteiger partial charge in [-0.15, -0.1) is 11.3 Å². The van der Waals surface area contributed by atoms with Gasteiger partial charge < -0.3 is 5.32 Å². The summed E-state index contributed by atoms with van der Waals surface area (Å²) in [5, 5.41) is 5.86. The van der Waals surface area contributed by atoms with Crippen molar-refractivity contribution in [3.8, 4) is 10.6 Å². The summed E-state index contributed by atoms with van der Waals surface area (Å²) in [4.78, 5) is 17.6. The minimum Gasteiger partial charge on any atom is -0.350 e. The maximum atomic E-state index is 13.0. The molecule has 0 radical (unpaired) electrons. The Bertz CT molecular complexity index is 1200. The maximum absolute atomic E-state index is 13.0. The highest BCUT2D eigenvalue weighted by Gasteiger charge is 2.32. The van der Waals surface area contributed by atoms with Gasteiger partial charge in [0.15, 0.2) is 0 Å². The molecular weight excluding hydrogens is 442 g/mol. The number of thiazole rings is 1. The lowest BCUT2D eigenvalue weighted by atomic mass is 9.97. The molecule has 1 aromatic heterocycles. The van der Waals surface area contributed by atoms with E-state index in [4.69, 9.17) is 0 Å². The molecule has 1 amide bonds. The van der Waals surface area contributed by atoms with Crippen molar-refractivity contribution in [2.24, 2.45) is 5.92 Å². The standard InChI is InChI=1S/C24H27N3O3S2/c1-17-8-9-22(18(2)14-17)32(29,30)27-12-10-19(11-13-27)23(28)25-15-21-16-31-24(26-21)20-6-4-3-5-7-20/h3-9,14,16,19H,10-13,15H2,1-2H3,(H,25,28). The van der Waals surface area contributed by atoms with Gasteiger partial charge in [-0.25, -0.2) is 13.4 Å². The first-order valence-corrected chi connectivity index (χ1v) is 13.0. The number of benzene rings is 2. The first kappa shape index (κ1) is 22.6. The van der Waals surface area contributed by atoms with Crippen molar-refractivity contribution in [1.82, 2.24) is 14.6 Å². The minimum absolute atomic E-state index is 0.0391. The molecule has 1 N–H and O–H groups in total. The quantitative estimate of drug-likeness (QED) is 0.588. The molecule has 4 rings (SSSR count). The zero-order valence-electron chi connectivity index (χ0n) is 18.2. The number of rotatable bonds is 6. The molecular formula is C24H27N3O3S2. The Morgan fingerprint density at radius 3 is 2.53 bits per heavy atom. The van der Waals surface area contributed by atoms with Crippen molar-refractivity contribution in [2.75, 3.05) is 13.1 Å². The second-order valence-corrected chi connectivity index (χ2v) is 10.9. The summed E-state index contributed by atoms with van der Waals surface area (Å²) in [5.74, 6) is -0.226. The molecule has 0 bridgehead atoms. The fraction of sp³-hybridized carbons (Fsp3) is 0.333. The van der Waals surface area contributed by atoms with Crippen LogP contribution in [0.5, 0.6) is 0 Å². The van der Waals surface area contributed by atoms with Crippen LogP contribution in [0.4, 0.5) is 0 Å². The van der Waals surface area contributed by atoms with Gasteiger partial charge in [-0.3, -0.25) is 4.79 Å². The van der Waals surface area contributed by atoms with E-state index in [9.17, 15) is 13.2 Å². The SMILES string of the molecule is Cc1ccc(S(=O)(=O)N2CCC(C(=O)NCc3csc(-c4ccccc4)n3)CC2)c(C)c1. The van der Waals surface area contributed by atoms with E-state index in [-0.39, 0.29) is 11.8 Å². The van der Waals surface area contributed by atoms with E-state index < -0.39 is 10.0 Å². The van der Waals surface area contributed by atoms with Gasteiger partial charge in [0.05, 0.1) is 17.1 Å². The molecule has 3 aromatic rings. The van der Waals surface area contributed by atoms with Crippen LogP contribution in [0.2, 0.25) is 0 Å². The van der Waals surface area contributed by atoms with Gasteiger partial charge in [0, 0.05) is 30.0 Å². The summed E-state index contributed by atoms with van der Waals surface area (Å²) in [5.41, 5.74) is 3.68. The highest BCUT2D eigenvalue weighted by molar-refractivity contribution is 7.89. The summed E-state index contributed by atoms with van der Waals surface area (Å²) in [6.07, 6.45) is 1.03. The molecule has 8 heteroatoms. The molecule has 0 aliphatic carbocycles. The number of carbonyl (C=O) groups is 1. The van der Waals surface area contributed by atoms with Gasteiger partial charge in [-0.05, 0) is 38.3 Å². The first-order chi connectivity index (χ1) is 15.3. The zero-order valence-corrected chi connectivity index (χ0v) is 19.9. The predicted octanol–water partition coefficient (Wildman–Crippen LogP) is 4.14. The first-order valence-electron chi connectivity index (χ1n) is 10.7. The monoisotopic (exact) mass is 469 g/mol. The molecule has 1 saturated heterocycles. The van der Waals surface area contributed by atoms with Crippen LogP contribution in [0.3, 0.4) is 0 Å². The lowest BCUT2D eigenvalue weighted by Crippen LogP contribution is -2.43. The highest BCUT2D eigenvalue weighted by atomic mass is 32.2. The van der Waals surface area contributed by atoms with Gasteiger partial charge in [0.1, 0.15) is 5.01 Å². The third kappa shape index (κ3) is 4.92. The van der Waals surface area contributed by atoms with Gasteiger partial charge in [0.2, 0.25) is 15.9 Å². The van der Waals surface area contributed by atoms with E-state index in [1.807, 2.05) is 61.7 Å². The van der Waals surface area contributed by atoms with E-state index >= 15 is 0 Å². The number of piperidine rings is 1. The van der Waals surface area contributed by atoms with Crippen molar-refractivity contribution < 1.29 is 13.2 Å². The Kier molecular flexibility index (Phi) is 6.74. The fourth-order valence-electron chi connectivity index (χ4n) is 4.01. The number of hydrogen-bond acceptors (Lipinski definition) is 5.